The van der Waals surface area contributed by atoms with Crippen LogP contribution >= 0.6 is 0 Å². The molecule has 0 atom stereocenters. The molecule has 4 aromatic carbocycles. The van der Waals surface area contributed by atoms with E-state index in [1.807, 2.05) is 60.7 Å². The number of anilines is 3. The Bertz CT molecular complexity index is 1050. The van der Waals surface area contributed by atoms with Crippen molar-refractivity contribution in [3.05, 3.63) is 114 Å². The summed E-state index contributed by atoms with van der Waals surface area (Å²) in [6.07, 6.45) is 1.84. The van der Waals surface area contributed by atoms with Crippen molar-refractivity contribution in [2.24, 2.45) is 0 Å². The van der Waals surface area contributed by atoms with Gasteiger partial charge in [0.15, 0.2) is 0 Å². The fourth-order valence-corrected chi connectivity index (χ4v) is 3.23. The Morgan fingerprint density at radius 1 is 0.655 bits per heavy atom. The van der Waals surface area contributed by atoms with Crippen LogP contribution in [0.2, 0.25) is 0 Å². The number of ether oxygens (including phenoxy) is 1. The van der Waals surface area contributed by atoms with Gasteiger partial charge in [-0.25, -0.2) is 0 Å². The zero-order chi connectivity index (χ0) is 19.9. The number of nitrogens with one attached hydrogen (secondary N) is 1. The zero-order valence-electron chi connectivity index (χ0n) is 16.2. The van der Waals surface area contributed by atoms with Crippen LogP contribution in [0.3, 0.4) is 0 Å². The molecule has 0 radical (unpaired) electrons. The first-order chi connectivity index (χ1) is 14.3. The van der Waals surface area contributed by atoms with E-state index in [0.717, 1.165) is 47.0 Å². The third kappa shape index (κ3) is 5.17. The van der Waals surface area contributed by atoms with Crippen molar-refractivity contribution in [2.75, 3.05) is 11.1 Å². The van der Waals surface area contributed by atoms with Gasteiger partial charge in [0.1, 0.15) is 11.5 Å². The van der Waals surface area contributed by atoms with E-state index in [1.165, 1.54) is 5.56 Å². The Kier molecular flexibility index (Phi) is 5.77. The molecule has 0 fully saturated rings. The van der Waals surface area contributed by atoms with Gasteiger partial charge in [-0.3, -0.25) is 0 Å². The van der Waals surface area contributed by atoms with Gasteiger partial charge in [-0.05, 0) is 78.6 Å². The third-order valence-electron chi connectivity index (χ3n) is 4.76. The van der Waals surface area contributed by atoms with E-state index in [0.29, 0.717) is 0 Å². The lowest BCUT2D eigenvalue weighted by atomic mass is 10.0. The van der Waals surface area contributed by atoms with Crippen molar-refractivity contribution in [1.82, 2.24) is 0 Å². The molecule has 3 N–H and O–H groups in total. The van der Waals surface area contributed by atoms with Crippen LogP contribution in [-0.4, -0.2) is 0 Å². The highest BCUT2D eigenvalue weighted by Crippen LogP contribution is 2.30. The quantitative estimate of drug-likeness (QED) is 0.356. The summed E-state index contributed by atoms with van der Waals surface area (Å²) in [6.45, 7) is 0. The average Bonchev–Trinajstić information content (AvgIpc) is 2.77. The SMILES string of the molecule is Nc1ccc(Oc2ccc(Nc3ccccc3)cc2CCc2ccccc2)cc1. The number of benzene rings is 4. The Morgan fingerprint density at radius 3 is 2.07 bits per heavy atom. The van der Waals surface area contributed by atoms with Crippen LogP contribution in [0.4, 0.5) is 17.1 Å². The lowest BCUT2D eigenvalue weighted by Crippen LogP contribution is -1.98. The molecular formula is C26H24N2O. The smallest absolute Gasteiger partial charge is 0.130 e. The first-order valence-corrected chi connectivity index (χ1v) is 9.78. The van der Waals surface area contributed by atoms with E-state index in [-0.39, 0.29) is 0 Å². The van der Waals surface area contributed by atoms with Gasteiger partial charge in [-0.1, -0.05) is 48.5 Å². The molecule has 0 spiro atoms. The molecule has 0 saturated heterocycles. The molecule has 0 aliphatic carbocycles. The fourth-order valence-electron chi connectivity index (χ4n) is 3.23. The van der Waals surface area contributed by atoms with E-state index in [1.54, 1.807) is 0 Å². The molecule has 0 aliphatic heterocycles. The first kappa shape index (κ1) is 18.6. The van der Waals surface area contributed by atoms with E-state index in [2.05, 4.69) is 47.8 Å². The van der Waals surface area contributed by atoms with Crippen molar-refractivity contribution >= 4 is 17.1 Å². The maximum absolute atomic E-state index is 6.17. The number of hydrogen-bond donors (Lipinski definition) is 2. The lowest BCUT2D eigenvalue weighted by Gasteiger charge is -2.14. The molecule has 4 rings (SSSR count). The van der Waals surface area contributed by atoms with E-state index < -0.39 is 0 Å². The number of aryl methyl sites for hydroxylation is 2. The molecule has 0 unspecified atom stereocenters. The maximum atomic E-state index is 6.17. The van der Waals surface area contributed by atoms with Crippen molar-refractivity contribution in [2.45, 2.75) is 12.8 Å². The van der Waals surface area contributed by atoms with Crippen molar-refractivity contribution in [3.63, 3.8) is 0 Å². The van der Waals surface area contributed by atoms with E-state index >= 15 is 0 Å². The Morgan fingerprint density at radius 2 is 1.34 bits per heavy atom. The molecule has 3 heteroatoms. The van der Waals surface area contributed by atoms with Crippen molar-refractivity contribution in [3.8, 4) is 11.5 Å². The standard InChI is InChI=1S/C26H24N2O/c27-22-13-16-25(17-14-22)29-26-18-15-24(28-23-9-5-2-6-10-23)19-21(26)12-11-20-7-3-1-4-8-20/h1-10,13-19,28H,11-12,27H2. The van der Waals surface area contributed by atoms with Crippen LogP contribution < -0.4 is 15.8 Å². The molecule has 4 aromatic rings. The minimum absolute atomic E-state index is 0.726. The van der Waals surface area contributed by atoms with Crippen LogP contribution in [0.5, 0.6) is 11.5 Å². The molecule has 0 aromatic heterocycles. The predicted octanol–water partition coefficient (Wildman–Crippen LogP) is 6.59. The summed E-state index contributed by atoms with van der Waals surface area (Å²) >= 11 is 0. The normalized spacial score (nSPS) is 10.5. The van der Waals surface area contributed by atoms with Gasteiger partial charge in [0.05, 0.1) is 0 Å². The summed E-state index contributed by atoms with van der Waals surface area (Å²) in [4.78, 5) is 0. The minimum Gasteiger partial charge on any atom is -0.457 e. The van der Waals surface area contributed by atoms with Crippen LogP contribution in [0, 0.1) is 0 Å². The number of para-hydroxylation sites is 1. The van der Waals surface area contributed by atoms with Gasteiger partial charge in [-0.2, -0.15) is 0 Å². The number of nitrogen functional groups attached to an aromatic ring is 1. The Hall–Kier alpha value is -3.72. The molecule has 3 nitrogen and oxygen atoms in total. The monoisotopic (exact) mass is 380 g/mol. The molecule has 29 heavy (non-hydrogen) atoms. The second kappa shape index (κ2) is 8.98. The second-order valence-corrected chi connectivity index (χ2v) is 6.97. The van der Waals surface area contributed by atoms with Gasteiger partial charge < -0.3 is 15.8 Å². The van der Waals surface area contributed by atoms with Gasteiger partial charge in [-0.15, -0.1) is 0 Å². The molecule has 0 saturated carbocycles. The molecule has 0 aliphatic rings. The van der Waals surface area contributed by atoms with Crippen molar-refractivity contribution in [1.29, 1.82) is 0 Å². The number of rotatable bonds is 7. The molecule has 0 heterocycles. The number of nitrogens with two attached hydrogens (primary N) is 1. The summed E-state index contributed by atoms with van der Waals surface area (Å²) in [7, 11) is 0. The predicted molar refractivity (Wildman–Crippen MR) is 121 cm³/mol. The Balaban J connectivity index is 1.58. The third-order valence-corrected chi connectivity index (χ3v) is 4.76. The van der Waals surface area contributed by atoms with Crippen molar-refractivity contribution < 1.29 is 4.74 Å². The first-order valence-electron chi connectivity index (χ1n) is 9.78. The highest BCUT2D eigenvalue weighted by Gasteiger charge is 2.08. The summed E-state index contributed by atoms with van der Waals surface area (Å²) in [5.41, 5.74) is 11.1. The topological polar surface area (TPSA) is 47.3 Å². The fraction of sp³-hybridized carbons (Fsp3) is 0.0769. The van der Waals surface area contributed by atoms with Gasteiger partial charge in [0, 0.05) is 17.1 Å². The van der Waals surface area contributed by atoms with Crippen LogP contribution in [0.15, 0.2) is 103 Å². The molecule has 0 bridgehead atoms. The highest BCUT2D eigenvalue weighted by molar-refractivity contribution is 5.62. The van der Waals surface area contributed by atoms with E-state index in [4.69, 9.17) is 10.5 Å². The summed E-state index contributed by atoms with van der Waals surface area (Å²) in [6, 6.07) is 34.4. The second-order valence-electron chi connectivity index (χ2n) is 6.97. The lowest BCUT2D eigenvalue weighted by molar-refractivity contribution is 0.476. The van der Waals surface area contributed by atoms with Crippen LogP contribution in [-0.2, 0) is 12.8 Å². The largest absolute Gasteiger partial charge is 0.457 e. The van der Waals surface area contributed by atoms with Crippen LogP contribution in [0.1, 0.15) is 11.1 Å². The molecule has 0 amide bonds. The van der Waals surface area contributed by atoms with Gasteiger partial charge >= 0.3 is 0 Å². The minimum atomic E-state index is 0.726. The Labute approximate surface area is 171 Å². The van der Waals surface area contributed by atoms with E-state index in [9.17, 15) is 0 Å². The number of hydrogen-bond acceptors (Lipinski definition) is 3. The molecule has 144 valence electrons. The maximum Gasteiger partial charge on any atom is 0.130 e. The summed E-state index contributed by atoms with van der Waals surface area (Å²) < 4.78 is 6.17. The van der Waals surface area contributed by atoms with Gasteiger partial charge in [0.25, 0.3) is 0 Å². The van der Waals surface area contributed by atoms with Crippen LogP contribution in [0.25, 0.3) is 0 Å². The average molecular weight is 380 g/mol. The zero-order valence-corrected chi connectivity index (χ0v) is 16.2. The summed E-state index contributed by atoms with van der Waals surface area (Å²) in [5, 5.41) is 3.47. The molecular weight excluding hydrogens is 356 g/mol. The van der Waals surface area contributed by atoms with Gasteiger partial charge in [0.2, 0.25) is 0 Å². The highest BCUT2D eigenvalue weighted by atomic mass is 16.5. The summed E-state index contributed by atoms with van der Waals surface area (Å²) in [5.74, 6) is 1.65.